The van der Waals surface area contributed by atoms with Gasteiger partial charge in [0.05, 0.1) is 10.7 Å². The summed E-state index contributed by atoms with van der Waals surface area (Å²) in [6.45, 7) is 1.57. The molecule has 0 spiro atoms. The highest BCUT2D eigenvalue weighted by molar-refractivity contribution is 7.90. The molecule has 110 valence electrons. The van der Waals surface area contributed by atoms with Gasteiger partial charge in [-0.3, -0.25) is 10.1 Å². The number of hydrogen-bond donors (Lipinski definition) is 0. The fraction of sp³-hybridized carbons (Fsp3) is 0.154. The summed E-state index contributed by atoms with van der Waals surface area (Å²) in [5.41, 5.74) is 0.363. The lowest BCUT2D eigenvalue weighted by Crippen LogP contribution is -2.10. The zero-order valence-corrected chi connectivity index (χ0v) is 12.6. The molecule has 0 atom stereocenters. The Hall–Kier alpha value is -1.99. The van der Waals surface area contributed by atoms with Crippen LogP contribution in [0, 0.1) is 17.0 Å². The molecule has 0 aliphatic carbocycles. The summed E-state index contributed by atoms with van der Waals surface area (Å²) >= 11 is 5.74. The molecule has 0 aliphatic heterocycles. The van der Waals surface area contributed by atoms with Crippen molar-refractivity contribution in [2.45, 2.75) is 17.7 Å². The van der Waals surface area contributed by atoms with Crippen LogP contribution in [0.2, 0.25) is 5.02 Å². The number of pyridine rings is 1. The largest absolute Gasteiger partial charge is 0.306 e. The second-order valence-electron chi connectivity index (χ2n) is 4.42. The van der Waals surface area contributed by atoms with Crippen LogP contribution in [-0.2, 0) is 15.6 Å². The first kappa shape index (κ1) is 15.4. The van der Waals surface area contributed by atoms with Crippen molar-refractivity contribution in [1.29, 1.82) is 0 Å². The minimum absolute atomic E-state index is 0.374. The fourth-order valence-electron chi connectivity index (χ4n) is 1.76. The summed E-state index contributed by atoms with van der Waals surface area (Å²) in [7, 11) is -3.92. The van der Waals surface area contributed by atoms with Crippen LogP contribution in [0.3, 0.4) is 0 Å². The first-order valence-electron chi connectivity index (χ1n) is 5.89. The summed E-state index contributed by atoms with van der Waals surface area (Å²) in [6, 6.07) is 8.79. The quantitative estimate of drug-likeness (QED) is 0.636. The Morgan fingerprint density at radius 2 is 1.81 bits per heavy atom. The van der Waals surface area contributed by atoms with Crippen molar-refractivity contribution in [1.82, 2.24) is 4.98 Å². The highest BCUT2D eigenvalue weighted by atomic mass is 35.5. The van der Waals surface area contributed by atoms with Gasteiger partial charge in [-0.25, -0.2) is 13.4 Å². The highest BCUT2D eigenvalue weighted by Gasteiger charge is 2.28. The first-order chi connectivity index (χ1) is 9.79. The minimum Gasteiger partial charge on any atom is -0.258 e. The molecule has 0 saturated carbocycles. The van der Waals surface area contributed by atoms with E-state index in [1.165, 1.54) is 6.07 Å². The van der Waals surface area contributed by atoms with E-state index in [0.717, 1.165) is 6.07 Å². The van der Waals surface area contributed by atoms with E-state index in [1.807, 2.05) is 0 Å². The molecule has 0 fully saturated rings. The number of nitrogens with zero attached hydrogens (tertiary/aromatic N) is 2. The van der Waals surface area contributed by atoms with Crippen LogP contribution < -0.4 is 0 Å². The Bertz CT molecular complexity index is 788. The number of halogens is 1. The average molecular weight is 327 g/mol. The van der Waals surface area contributed by atoms with E-state index in [0.29, 0.717) is 16.3 Å². The van der Waals surface area contributed by atoms with Crippen molar-refractivity contribution in [3.63, 3.8) is 0 Å². The van der Waals surface area contributed by atoms with Gasteiger partial charge < -0.3 is 0 Å². The molecule has 0 unspecified atom stereocenters. The zero-order chi connectivity index (χ0) is 15.6. The molecule has 0 aliphatic rings. The maximum Gasteiger partial charge on any atom is 0.306 e. The van der Waals surface area contributed by atoms with Gasteiger partial charge in [0, 0.05) is 16.8 Å². The number of sulfone groups is 1. The Balaban J connectivity index is 2.46. The molecule has 0 amide bonds. The standard InChI is InChI=1S/C13H11ClN2O4S/c1-9-2-7-12(16(17)18)13(15-9)21(19,20)8-10-3-5-11(14)6-4-10/h2-7H,8H2,1H3. The number of aromatic nitrogens is 1. The van der Waals surface area contributed by atoms with Crippen LogP contribution in [0.5, 0.6) is 0 Å². The van der Waals surface area contributed by atoms with E-state index in [9.17, 15) is 18.5 Å². The Morgan fingerprint density at radius 3 is 2.38 bits per heavy atom. The predicted octanol–water partition coefficient (Wildman–Crippen LogP) is 2.93. The van der Waals surface area contributed by atoms with E-state index in [-0.39, 0.29) is 5.75 Å². The second-order valence-corrected chi connectivity index (χ2v) is 6.76. The highest BCUT2D eigenvalue weighted by Crippen LogP contribution is 2.25. The summed E-state index contributed by atoms with van der Waals surface area (Å²) in [4.78, 5) is 14.0. The van der Waals surface area contributed by atoms with Gasteiger partial charge in [0.1, 0.15) is 0 Å². The molecule has 21 heavy (non-hydrogen) atoms. The first-order valence-corrected chi connectivity index (χ1v) is 7.92. The number of hydrogen-bond acceptors (Lipinski definition) is 5. The smallest absolute Gasteiger partial charge is 0.258 e. The van der Waals surface area contributed by atoms with Gasteiger partial charge >= 0.3 is 5.69 Å². The summed E-state index contributed by atoms with van der Waals surface area (Å²) in [5.74, 6) is -0.374. The van der Waals surface area contributed by atoms with Crippen molar-refractivity contribution >= 4 is 27.1 Å². The molecule has 0 radical (unpaired) electrons. The maximum absolute atomic E-state index is 12.4. The molecular weight excluding hydrogens is 316 g/mol. The van der Waals surface area contributed by atoms with Crippen molar-refractivity contribution in [2.75, 3.05) is 0 Å². The molecule has 0 saturated heterocycles. The lowest BCUT2D eigenvalue weighted by atomic mass is 10.2. The van der Waals surface area contributed by atoms with Crippen LogP contribution in [0.15, 0.2) is 41.4 Å². The third kappa shape index (κ3) is 3.56. The van der Waals surface area contributed by atoms with Crippen molar-refractivity contribution < 1.29 is 13.3 Å². The van der Waals surface area contributed by atoms with Crippen molar-refractivity contribution in [3.8, 4) is 0 Å². The van der Waals surface area contributed by atoms with Crippen LogP contribution in [-0.4, -0.2) is 18.3 Å². The zero-order valence-electron chi connectivity index (χ0n) is 11.0. The molecule has 0 bridgehead atoms. The molecular formula is C13H11ClN2O4S. The predicted molar refractivity (Wildman–Crippen MR) is 78.0 cm³/mol. The summed E-state index contributed by atoms with van der Waals surface area (Å²) in [6.07, 6.45) is 0. The Kier molecular flexibility index (Phi) is 4.24. The monoisotopic (exact) mass is 326 g/mol. The summed E-state index contributed by atoms with van der Waals surface area (Å²) in [5, 5.41) is 10.9. The van der Waals surface area contributed by atoms with E-state index in [4.69, 9.17) is 11.6 Å². The van der Waals surface area contributed by atoms with E-state index in [1.54, 1.807) is 31.2 Å². The number of rotatable bonds is 4. The van der Waals surface area contributed by atoms with E-state index >= 15 is 0 Å². The van der Waals surface area contributed by atoms with Crippen LogP contribution in [0.1, 0.15) is 11.3 Å². The molecule has 2 aromatic rings. The third-order valence-electron chi connectivity index (χ3n) is 2.74. The lowest BCUT2D eigenvalue weighted by Gasteiger charge is -2.06. The maximum atomic E-state index is 12.4. The number of nitro groups is 1. The van der Waals surface area contributed by atoms with Crippen LogP contribution in [0.25, 0.3) is 0 Å². The Labute approximate surface area is 126 Å². The van der Waals surface area contributed by atoms with Gasteiger partial charge in [0.2, 0.25) is 14.9 Å². The van der Waals surface area contributed by atoms with E-state index in [2.05, 4.69) is 4.98 Å². The second kappa shape index (κ2) is 5.79. The topological polar surface area (TPSA) is 90.2 Å². The van der Waals surface area contributed by atoms with Gasteiger partial charge in [-0.2, -0.15) is 0 Å². The van der Waals surface area contributed by atoms with E-state index < -0.39 is 25.5 Å². The minimum atomic E-state index is -3.92. The molecule has 1 aromatic heterocycles. The van der Waals surface area contributed by atoms with Gasteiger partial charge in [-0.05, 0) is 30.7 Å². The summed E-state index contributed by atoms with van der Waals surface area (Å²) < 4.78 is 24.7. The molecule has 2 rings (SSSR count). The van der Waals surface area contributed by atoms with Gasteiger partial charge in [0.15, 0.2) is 0 Å². The normalized spacial score (nSPS) is 11.3. The average Bonchev–Trinajstić information content (AvgIpc) is 2.41. The fourth-order valence-corrected chi connectivity index (χ4v) is 3.40. The molecule has 6 nitrogen and oxygen atoms in total. The van der Waals surface area contributed by atoms with Gasteiger partial charge in [0.25, 0.3) is 0 Å². The Morgan fingerprint density at radius 1 is 1.19 bits per heavy atom. The van der Waals surface area contributed by atoms with Gasteiger partial charge in [-0.1, -0.05) is 23.7 Å². The van der Waals surface area contributed by atoms with Crippen LogP contribution in [0.4, 0.5) is 5.69 Å². The van der Waals surface area contributed by atoms with Gasteiger partial charge in [-0.15, -0.1) is 0 Å². The molecule has 1 aromatic carbocycles. The van der Waals surface area contributed by atoms with Crippen molar-refractivity contribution in [2.24, 2.45) is 0 Å². The van der Waals surface area contributed by atoms with Crippen LogP contribution >= 0.6 is 11.6 Å². The number of aryl methyl sites for hydroxylation is 1. The SMILES string of the molecule is Cc1ccc([N+](=O)[O-])c(S(=O)(=O)Cc2ccc(Cl)cc2)n1. The van der Waals surface area contributed by atoms with Crippen molar-refractivity contribution in [3.05, 3.63) is 62.8 Å². The molecule has 1 heterocycles. The third-order valence-corrected chi connectivity index (χ3v) is 4.60. The number of benzene rings is 1. The lowest BCUT2D eigenvalue weighted by molar-refractivity contribution is -0.388. The molecule has 8 heteroatoms. The molecule has 0 N–H and O–H groups in total.